The van der Waals surface area contributed by atoms with Gasteiger partial charge in [0.15, 0.2) is 0 Å². The zero-order chi connectivity index (χ0) is 35.6. The number of rotatable bonds is 16. The minimum Gasteiger partial charge on any atom is -0.469 e. The second-order valence-corrected chi connectivity index (χ2v) is 19.1. The van der Waals surface area contributed by atoms with E-state index in [9.17, 15) is 14.9 Å². The van der Waals surface area contributed by atoms with Crippen molar-refractivity contribution in [2.45, 2.75) is 120 Å². The number of thiocarbonyl (C=S) groups is 1. The molecule has 0 saturated carbocycles. The number of epoxide rings is 1. The Labute approximate surface area is 289 Å². The van der Waals surface area contributed by atoms with Crippen molar-refractivity contribution in [3.8, 4) is 6.07 Å². The fourth-order valence-corrected chi connectivity index (χ4v) is 8.85. The van der Waals surface area contributed by atoms with Crippen molar-refractivity contribution in [3.05, 3.63) is 35.9 Å². The number of hydrogen-bond acceptors (Lipinski definition) is 8. The molecule has 0 radical (unpaired) electrons. The molecule has 0 bridgehead atoms. The van der Waals surface area contributed by atoms with E-state index in [0.29, 0.717) is 36.0 Å². The largest absolute Gasteiger partial charge is 0.469 e. The lowest BCUT2D eigenvalue weighted by atomic mass is 9.46. The highest BCUT2D eigenvalue weighted by molar-refractivity contribution is 8.24. The Bertz CT molecular complexity index is 1290. The molecule has 0 spiro atoms. The summed E-state index contributed by atoms with van der Waals surface area (Å²) in [6.45, 7) is 27.7. The molecular formula is C38H59NO5S2. The van der Waals surface area contributed by atoms with Gasteiger partial charge in [-0.15, -0.1) is 11.8 Å². The van der Waals surface area contributed by atoms with E-state index in [-0.39, 0.29) is 24.6 Å². The smallest absolute Gasteiger partial charge is 0.312 e. The van der Waals surface area contributed by atoms with E-state index in [4.69, 9.17) is 26.4 Å². The average molecular weight is 674 g/mol. The number of methoxy groups -OCH3 is 1. The summed E-state index contributed by atoms with van der Waals surface area (Å²) in [6.07, 6.45) is 1.46. The molecule has 258 valence electrons. The first-order chi connectivity index (χ1) is 20.9. The fraction of sp³-hybridized carbons (Fsp3) is 0.737. The van der Waals surface area contributed by atoms with Crippen LogP contribution < -0.4 is 0 Å². The SMILES string of the molecule is COC(=O)C(C)(CC(C)(C)C(C)(C)C(C)(CC(C)(C)C(C)(C#N)CC(C)C)C(=O)OCC1CO1)C(C)(C)SC(=S)c1ccccc1. The summed E-state index contributed by atoms with van der Waals surface area (Å²) in [5.41, 5.74) is -3.65. The third-order valence-electron chi connectivity index (χ3n) is 11.8. The number of thioether (sulfide) groups is 1. The Morgan fingerprint density at radius 2 is 1.46 bits per heavy atom. The normalized spacial score (nSPS) is 19.7. The van der Waals surface area contributed by atoms with Crippen molar-refractivity contribution in [2.24, 2.45) is 38.4 Å². The van der Waals surface area contributed by atoms with E-state index in [0.717, 1.165) is 5.56 Å². The summed E-state index contributed by atoms with van der Waals surface area (Å²) in [4.78, 5) is 28.2. The van der Waals surface area contributed by atoms with Crippen molar-refractivity contribution in [1.29, 1.82) is 5.26 Å². The van der Waals surface area contributed by atoms with Gasteiger partial charge in [-0.2, -0.15) is 5.26 Å². The van der Waals surface area contributed by atoms with Crippen molar-refractivity contribution in [2.75, 3.05) is 20.3 Å². The summed E-state index contributed by atoms with van der Waals surface area (Å²) < 4.78 is 16.9. The van der Waals surface area contributed by atoms with E-state index < -0.39 is 37.2 Å². The highest BCUT2D eigenvalue weighted by atomic mass is 32.2. The van der Waals surface area contributed by atoms with Gasteiger partial charge in [-0.1, -0.05) is 97.9 Å². The number of esters is 2. The lowest BCUT2D eigenvalue weighted by Crippen LogP contribution is -2.58. The van der Waals surface area contributed by atoms with Crippen LogP contribution in [-0.4, -0.2) is 47.3 Å². The zero-order valence-electron chi connectivity index (χ0n) is 30.9. The molecule has 0 aromatic heterocycles. The molecule has 0 aliphatic carbocycles. The maximum Gasteiger partial charge on any atom is 0.312 e. The van der Waals surface area contributed by atoms with Crippen LogP contribution in [0.4, 0.5) is 0 Å². The Morgan fingerprint density at radius 3 is 1.91 bits per heavy atom. The molecule has 2 rings (SSSR count). The Balaban J connectivity index is 2.64. The maximum absolute atomic E-state index is 14.4. The number of ether oxygens (including phenoxy) is 3. The molecule has 1 aliphatic rings. The van der Waals surface area contributed by atoms with Gasteiger partial charge in [0.1, 0.15) is 12.7 Å². The highest BCUT2D eigenvalue weighted by Crippen LogP contribution is 2.63. The van der Waals surface area contributed by atoms with Crippen LogP contribution in [0, 0.1) is 49.7 Å². The van der Waals surface area contributed by atoms with Gasteiger partial charge < -0.3 is 14.2 Å². The molecule has 0 amide bonds. The summed E-state index contributed by atoms with van der Waals surface area (Å²) >= 11 is 7.37. The molecular weight excluding hydrogens is 615 g/mol. The molecule has 8 heteroatoms. The van der Waals surface area contributed by atoms with Gasteiger partial charge in [-0.25, -0.2) is 0 Å². The second kappa shape index (κ2) is 14.3. The Hall–Kier alpha value is -1.95. The van der Waals surface area contributed by atoms with Gasteiger partial charge in [0, 0.05) is 4.75 Å². The van der Waals surface area contributed by atoms with E-state index in [1.54, 1.807) is 0 Å². The summed E-state index contributed by atoms with van der Waals surface area (Å²) in [7, 11) is 1.43. The van der Waals surface area contributed by atoms with Gasteiger partial charge >= 0.3 is 11.9 Å². The molecule has 1 heterocycles. The van der Waals surface area contributed by atoms with Crippen LogP contribution in [0.25, 0.3) is 0 Å². The lowest BCUT2D eigenvalue weighted by molar-refractivity contribution is -0.181. The molecule has 1 aromatic rings. The van der Waals surface area contributed by atoms with Gasteiger partial charge in [0.2, 0.25) is 0 Å². The topological polar surface area (TPSA) is 88.9 Å². The van der Waals surface area contributed by atoms with Crippen LogP contribution in [0.1, 0.15) is 115 Å². The molecule has 4 atom stereocenters. The third kappa shape index (κ3) is 8.18. The number of nitrogens with zero attached hydrogens (tertiary/aromatic N) is 1. The zero-order valence-corrected chi connectivity index (χ0v) is 32.5. The van der Waals surface area contributed by atoms with E-state index >= 15 is 0 Å². The first-order valence-corrected chi connectivity index (χ1v) is 17.7. The van der Waals surface area contributed by atoms with Crippen LogP contribution in [0.5, 0.6) is 0 Å². The number of hydrogen-bond donors (Lipinski definition) is 0. The third-order valence-corrected chi connectivity index (χ3v) is 13.7. The summed E-state index contributed by atoms with van der Waals surface area (Å²) in [5.74, 6) is -0.326. The first-order valence-electron chi connectivity index (χ1n) is 16.4. The Morgan fingerprint density at radius 1 is 0.935 bits per heavy atom. The first kappa shape index (κ1) is 40.2. The second-order valence-electron chi connectivity index (χ2n) is 16.8. The number of carbonyl (C=O) groups excluding carboxylic acids is 2. The van der Waals surface area contributed by atoms with Crippen LogP contribution in [0.15, 0.2) is 30.3 Å². The molecule has 1 saturated heterocycles. The van der Waals surface area contributed by atoms with Gasteiger partial charge in [0.25, 0.3) is 0 Å². The van der Waals surface area contributed by atoms with Crippen molar-refractivity contribution in [1.82, 2.24) is 0 Å². The minimum absolute atomic E-state index is 0.0726. The number of carbonyl (C=O) groups is 2. The van der Waals surface area contributed by atoms with Crippen LogP contribution >= 0.6 is 24.0 Å². The number of nitriles is 1. The van der Waals surface area contributed by atoms with Crippen molar-refractivity contribution >= 4 is 40.1 Å². The van der Waals surface area contributed by atoms with Gasteiger partial charge in [0.05, 0.1) is 40.2 Å². The molecule has 4 unspecified atom stereocenters. The van der Waals surface area contributed by atoms with Gasteiger partial charge in [-0.05, 0) is 81.6 Å². The quantitative estimate of drug-likeness (QED) is 0.0974. The monoisotopic (exact) mass is 673 g/mol. The van der Waals surface area contributed by atoms with Crippen LogP contribution in [0.2, 0.25) is 0 Å². The predicted octanol–water partition coefficient (Wildman–Crippen LogP) is 9.44. The molecule has 1 aliphatic heterocycles. The Kier molecular flexibility index (Phi) is 12.5. The fourth-order valence-electron chi connectivity index (χ4n) is 6.99. The van der Waals surface area contributed by atoms with E-state index in [2.05, 4.69) is 61.5 Å². The number of benzene rings is 1. The molecule has 0 N–H and O–H groups in total. The van der Waals surface area contributed by atoms with E-state index in [1.165, 1.54) is 18.9 Å². The molecule has 6 nitrogen and oxygen atoms in total. The molecule has 1 fully saturated rings. The van der Waals surface area contributed by atoms with Gasteiger partial charge in [-0.3, -0.25) is 9.59 Å². The summed E-state index contributed by atoms with van der Waals surface area (Å²) in [6, 6.07) is 12.4. The van der Waals surface area contributed by atoms with Crippen LogP contribution in [0.3, 0.4) is 0 Å². The molecule has 46 heavy (non-hydrogen) atoms. The molecule has 1 aromatic carbocycles. The summed E-state index contributed by atoms with van der Waals surface area (Å²) in [5, 5.41) is 10.5. The van der Waals surface area contributed by atoms with Crippen molar-refractivity contribution < 1.29 is 23.8 Å². The van der Waals surface area contributed by atoms with Crippen molar-refractivity contribution in [3.63, 3.8) is 0 Å². The average Bonchev–Trinajstić information content (AvgIpc) is 3.78. The standard InChI is InChI=1S/C38H59NO5S2/c1-26(2)20-36(11,25-39)33(5,6)24-37(12,31(41)44-22-28-21-43-28)34(7,8)32(3,4)23-38(13,30(40)42-14)35(9,10)46-29(45)27-18-16-15-17-19-27/h15-19,26,28H,20-24H2,1-14H3. The van der Waals surface area contributed by atoms with Crippen LogP contribution in [-0.2, 0) is 23.8 Å². The minimum atomic E-state index is -1.03. The lowest BCUT2D eigenvalue weighted by Gasteiger charge is -2.58. The maximum atomic E-state index is 14.4. The predicted molar refractivity (Wildman–Crippen MR) is 192 cm³/mol. The highest BCUT2D eigenvalue weighted by Gasteiger charge is 2.62. The van der Waals surface area contributed by atoms with E-state index in [1.807, 2.05) is 65.0 Å².